The molecule has 1 aromatic rings. The Kier molecular flexibility index (Phi) is 3.10. The minimum Gasteiger partial charge on any atom is -0.379 e. The molecule has 0 unspecified atom stereocenters. The number of nitrogens with two attached hydrogens (primary N) is 1. The maximum Gasteiger partial charge on any atom is 0.236 e. The van der Waals surface area contributed by atoms with E-state index in [0.29, 0.717) is 0 Å². The number of nitrogens with zero attached hydrogens (tertiary/aromatic N) is 1. The second kappa shape index (κ2) is 4.53. The zero-order valence-electron chi connectivity index (χ0n) is 9.35. The Hall–Kier alpha value is -1.55. The number of para-hydroxylation sites is 1. The highest BCUT2D eigenvalue weighted by Crippen LogP contribution is 2.27. The quantitative estimate of drug-likeness (QED) is 0.809. The van der Waals surface area contributed by atoms with E-state index in [-0.39, 0.29) is 18.6 Å². The van der Waals surface area contributed by atoms with Crippen molar-refractivity contribution in [2.75, 3.05) is 25.1 Å². The highest BCUT2D eigenvalue weighted by molar-refractivity contribution is 5.80. The van der Waals surface area contributed by atoms with Crippen LogP contribution < -0.4 is 10.6 Å². The maximum absolute atomic E-state index is 11.0. The molecule has 0 aliphatic carbocycles. The van der Waals surface area contributed by atoms with E-state index in [1.807, 2.05) is 23.1 Å². The molecule has 0 fully saturated rings. The van der Waals surface area contributed by atoms with Crippen LogP contribution in [0.1, 0.15) is 5.56 Å². The fraction of sp³-hybridized carbons (Fsp3) is 0.417. The first-order valence-corrected chi connectivity index (χ1v) is 5.34. The highest BCUT2D eigenvalue weighted by atomic mass is 16.5. The number of primary amides is 1. The van der Waals surface area contributed by atoms with Crippen molar-refractivity contribution in [2.45, 2.75) is 12.5 Å². The van der Waals surface area contributed by atoms with Gasteiger partial charge in [-0.3, -0.25) is 4.79 Å². The molecule has 2 N–H and O–H groups in total. The molecule has 86 valence electrons. The number of ether oxygens (including phenoxy) is 1. The number of hydrogen-bond acceptors (Lipinski definition) is 3. The summed E-state index contributed by atoms with van der Waals surface area (Å²) in [4.78, 5) is 13.0. The van der Waals surface area contributed by atoms with Crippen LogP contribution in [-0.4, -0.2) is 32.2 Å². The molecule has 1 aromatic carbocycles. The molecular weight excluding hydrogens is 204 g/mol. The van der Waals surface area contributed by atoms with Crippen LogP contribution in [0.4, 0.5) is 5.69 Å². The number of anilines is 1. The van der Waals surface area contributed by atoms with Gasteiger partial charge in [-0.25, -0.2) is 0 Å². The van der Waals surface area contributed by atoms with Crippen LogP contribution in [-0.2, 0) is 16.0 Å². The van der Waals surface area contributed by atoms with E-state index in [4.69, 9.17) is 10.5 Å². The van der Waals surface area contributed by atoms with Crippen LogP contribution in [0.15, 0.2) is 24.3 Å². The zero-order valence-corrected chi connectivity index (χ0v) is 9.35. The van der Waals surface area contributed by atoms with Gasteiger partial charge in [0, 0.05) is 25.8 Å². The minimum atomic E-state index is -0.313. The third-order valence-corrected chi connectivity index (χ3v) is 2.88. The number of amides is 1. The van der Waals surface area contributed by atoms with Crippen molar-refractivity contribution in [2.24, 2.45) is 5.73 Å². The van der Waals surface area contributed by atoms with Gasteiger partial charge in [-0.15, -0.1) is 0 Å². The smallest absolute Gasteiger partial charge is 0.236 e. The van der Waals surface area contributed by atoms with Gasteiger partial charge in [0.2, 0.25) is 5.91 Å². The fourth-order valence-corrected chi connectivity index (χ4v) is 2.14. The standard InChI is InChI=1S/C12H16N2O2/c1-16-10-6-9-4-2-3-5-11(9)14(7-10)8-12(13)15/h2-5,10H,6-8H2,1H3,(H2,13,15)/t10-/m1/s1. The van der Waals surface area contributed by atoms with Gasteiger partial charge in [0.1, 0.15) is 0 Å². The Morgan fingerprint density at radius 2 is 2.31 bits per heavy atom. The SMILES string of the molecule is CO[C@@H]1Cc2ccccc2N(CC(N)=O)C1. The first kappa shape index (κ1) is 11.0. The summed E-state index contributed by atoms with van der Waals surface area (Å²) in [6.07, 6.45) is 1.02. The molecule has 4 nitrogen and oxygen atoms in total. The predicted molar refractivity (Wildman–Crippen MR) is 62.4 cm³/mol. The Morgan fingerprint density at radius 3 is 3.00 bits per heavy atom. The lowest BCUT2D eigenvalue weighted by atomic mass is 9.99. The highest BCUT2D eigenvalue weighted by Gasteiger charge is 2.24. The Morgan fingerprint density at radius 1 is 1.56 bits per heavy atom. The number of hydrogen-bond donors (Lipinski definition) is 1. The first-order valence-electron chi connectivity index (χ1n) is 5.34. The third-order valence-electron chi connectivity index (χ3n) is 2.88. The molecule has 16 heavy (non-hydrogen) atoms. The monoisotopic (exact) mass is 220 g/mol. The van der Waals surface area contributed by atoms with Crippen molar-refractivity contribution in [3.63, 3.8) is 0 Å². The van der Waals surface area contributed by atoms with E-state index in [9.17, 15) is 4.79 Å². The molecule has 1 aliphatic heterocycles. The zero-order chi connectivity index (χ0) is 11.5. The number of methoxy groups -OCH3 is 1. The van der Waals surface area contributed by atoms with E-state index in [0.717, 1.165) is 18.7 Å². The number of rotatable bonds is 3. The van der Waals surface area contributed by atoms with Crippen LogP contribution in [0.2, 0.25) is 0 Å². The molecule has 1 heterocycles. The second-order valence-electron chi connectivity index (χ2n) is 4.04. The molecule has 2 rings (SSSR count). The summed E-state index contributed by atoms with van der Waals surface area (Å²) in [6.45, 7) is 0.966. The summed E-state index contributed by atoms with van der Waals surface area (Å²) in [6, 6.07) is 8.05. The van der Waals surface area contributed by atoms with Crippen LogP contribution in [0.5, 0.6) is 0 Å². The van der Waals surface area contributed by atoms with Crippen molar-refractivity contribution in [1.29, 1.82) is 0 Å². The summed E-state index contributed by atoms with van der Waals surface area (Å²) in [5, 5.41) is 0. The average molecular weight is 220 g/mol. The van der Waals surface area contributed by atoms with Gasteiger partial charge in [-0.1, -0.05) is 18.2 Å². The lowest BCUT2D eigenvalue weighted by Gasteiger charge is -2.34. The summed E-state index contributed by atoms with van der Waals surface area (Å²) < 4.78 is 5.37. The third kappa shape index (κ3) is 2.17. The van der Waals surface area contributed by atoms with E-state index in [1.54, 1.807) is 7.11 Å². The van der Waals surface area contributed by atoms with Crippen LogP contribution in [0.25, 0.3) is 0 Å². The topological polar surface area (TPSA) is 55.6 Å². The van der Waals surface area contributed by atoms with E-state index >= 15 is 0 Å². The molecule has 0 aromatic heterocycles. The molecule has 0 radical (unpaired) electrons. The largest absolute Gasteiger partial charge is 0.379 e. The lowest BCUT2D eigenvalue weighted by Crippen LogP contribution is -2.43. The molecule has 0 saturated carbocycles. The molecule has 0 bridgehead atoms. The van der Waals surface area contributed by atoms with Crippen molar-refractivity contribution >= 4 is 11.6 Å². The van der Waals surface area contributed by atoms with Gasteiger partial charge < -0.3 is 15.4 Å². The second-order valence-corrected chi connectivity index (χ2v) is 4.04. The van der Waals surface area contributed by atoms with Crippen molar-refractivity contribution < 1.29 is 9.53 Å². The molecule has 1 atom stereocenters. The Bertz CT molecular complexity index is 392. The molecule has 4 heteroatoms. The van der Waals surface area contributed by atoms with Crippen molar-refractivity contribution in [3.8, 4) is 0 Å². The van der Waals surface area contributed by atoms with Gasteiger partial charge in [0.25, 0.3) is 0 Å². The van der Waals surface area contributed by atoms with Gasteiger partial charge >= 0.3 is 0 Å². The normalized spacial score (nSPS) is 19.3. The molecular formula is C12H16N2O2. The number of benzene rings is 1. The molecule has 1 amide bonds. The van der Waals surface area contributed by atoms with Gasteiger partial charge in [0.15, 0.2) is 0 Å². The van der Waals surface area contributed by atoms with E-state index in [2.05, 4.69) is 6.07 Å². The lowest BCUT2D eigenvalue weighted by molar-refractivity contribution is -0.116. The van der Waals surface area contributed by atoms with Crippen molar-refractivity contribution in [3.05, 3.63) is 29.8 Å². The molecule has 0 saturated heterocycles. The van der Waals surface area contributed by atoms with E-state index < -0.39 is 0 Å². The first-order chi connectivity index (χ1) is 7.70. The Balaban J connectivity index is 2.27. The summed E-state index contributed by atoms with van der Waals surface area (Å²) in [5.41, 5.74) is 7.55. The van der Waals surface area contributed by atoms with E-state index in [1.165, 1.54) is 5.56 Å². The fourth-order valence-electron chi connectivity index (χ4n) is 2.14. The summed E-state index contributed by atoms with van der Waals surface area (Å²) in [5.74, 6) is -0.313. The summed E-state index contributed by atoms with van der Waals surface area (Å²) in [7, 11) is 1.70. The van der Waals surface area contributed by atoms with Crippen molar-refractivity contribution in [1.82, 2.24) is 0 Å². The van der Waals surface area contributed by atoms with Crippen LogP contribution in [0.3, 0.4) is 0 Å². The van der Waals surface area contributed by atoms with Gasteiger partial charge in [-0.2, -0.15) is 0 Å². The van der Waals surface area contributed by atoms with Crippen LogP contribution >= 0.6 is 0 Å². The summed E-state index contributed by atoms with van der Waals surface area (Å²) >= 11 is 0. The van der Waals surface area contributed by atoms with Gasteiger partial charge in [-0.05, 0) is 11.6 Å². The minimum absolute atomic E-state index is 0.134. The predicted octanol–water partition coefficient (Wildman–Crippen LogP) is 0.549. The molecule has 1 aliphatic rings. The number of fused-ring (bicyclic) bond motifs is 1. The maximum atomic E-state index is 11.0. The number of carbonyl (C=O) groups is 1. The average Bonchev–Trinajstić information content (AvgIpc) is 2.28. The van der Waals surface area contributed by atoms with Gasteiger partial charge in [0.05, 0.1) is 12.6 Å². The number of carbonyl (C=O) groups excluding carboxylic acids is 1. The Labute approximate surface area is 95.0 Å². The van der Waals surface area contributed by atoms with Crippen LogP contribution in [0, 0.1) is 0 Å². The molecule has 0 spiro atoms.